The van der Waals surface area contributed by atoms with Crippen molar-refractivity contribution in [2.75, 3.05) is 13.2 Å². The monoisotopic (exact) mass is 357 g/mol. The van der Waals surface area contributed by atoms with Crippen LogP contribution in [0.1, 0.15) is 22.3 Å². The summed E-state index contributed by atoms with van der Waals surface area (Å²) in [7, 11) is 0. The molecule has 3 nitrogen and oxygen atoms in total. The summed E-state index contributed by atoms with van der Waals surface area (Å²) in [5, 5.41) is 0. The van der Waals surface area contributed by atoms with Crippen LogP contribution in [0.4, 0.5) is 0 Å². The lowest BCUT2D eigenvalue weighted by molar-refractivity contribution is 0.00520. The minimum atomic E-state index is -0.249. The first kappa shape index (κ1) is 17.5. The molecule has 1 fully saturated rings. The van der Waals surface area contributed by atoms with E-state index in [1.54, 1.807) is 0 Å². The van der Waals surface area contributed by atoms with E-state index >= 15 is 0 Å². The minimum absolute atomic E-state index is 0.249. The average molecular weight is 357 g/mol. The van der Waals surface area contributed by atoms with E-state index in [1.165, 1.54) is 5.56 Å². The number of carbonyl (C=O) groups is 1. The van der Waals surface area contributed by atoms with Gasteiger partial charge in [-0.2, -0.15) is 0 Å². The Bertz CT molecular complexity index is 875. The molecule has 3 aromatic rings. The van der Waals surface area contributed by atoms with Crippen molar-refractivity contribution in [1.82, 2.24) is 4.90 Å². The van der Waals surface area contributed by atoms with Crippen LogP contribution in [0.5, 0.6) is 0 Å². The van der Waals surface area contributed by atoms with Gasteiger partial charge in [0.1, 0.15) is 6.61 Å². The smallest absolute Gasteiger partial charge is 0.338 e. The molecule has 1 atom stereocenters. The second-order valence-corrected chi connectivity index (χ2v) is 6.94. The molecule has 1 saturated heterocycles. The van der Waals surface area contributed by atoms with Gasteiger partial charge in [-0.05, 0) is 35.2 Å². The molecule has 1 heterocycles. The Hall–Kier alpha value is -2.91. The van der Waals surface area contributed by atoms with Crippen molar-refractivity contribution in [2.45, 2.75) is 19.0 Å². The predicted molar refractivity (Wildman–Crippen MR) is 107 cm³/mol. The lowest BCUT2D eigenvalue weighted by atomic mass is 10.0. The predicted octanol–water partition coefficient (Wildman–Crippen LogP) is 4.78. The van der Waals surface area contributed by atoms with E-state index in [4.69, 9.17) is 4.74 Å². The highest BCUT2D eigenvalue weighted by Crippen LogP contribution is 2.22. The summed E-state index contributed by atoms with van der Waals surface area (Å²) in [5.41, 5.74) is 4.14. The van der Waals surface area contributed by atoms with Crippen LogP contribution in [0.25, 0.3) is 11.1 Å². The summed E-state index contributed by atoms with van der Waals surface area (Å²) in [6.45, 7) is 2.42. The molecule has 0 bridgehead atoms. The second-order valence-electron chi connectivity index (χ2n) is 6.94. The molecule has 0 radical (unpaired) electrons. The van der Waals surface area contributed by atoms with Crippen molar-refractivity contribution in [3.63, 3.8) is 0 Å². The molecule has 136 valence electrons. The number of likely N-dealkylation sites (tertiary alicyclic amines) is 1. The fourth-order valence-corrected chi connectivity index (χ4v) is 3.39. The molecule has 1 aliphatic heterocycles. The first-order chi connectivity index (χ1) is 13.3. The summed E-state index contributed by atoms with van der Waals surface area (Å²) >= 11 is 0. The lowest BCUT2D eigenvalue weighted by Crippen LogP contribution is -2.49. The fourth-order valence-electron chi connectivity index (χ4n) is 3.39. The molecule has 0 N–H and O–H groups in total. The van der Waals surface area contributed by atoms with Crippen LogP contribution in [-0.4, -0.2) is 30.1 Å². The van der Waals surface area contributed by atoms with E-state index in [-0.39, 0.29) is 5.97 Å². The number of rotatable bonds is 6. The van der Waals surface area contributed by atoms with Crippen LogP contribution in [0.15, 0.2) is 84.9 Å². The van der Waals surface area contributed by atoms with E-state index in [1.807, 2.05) is 48.5 Å². The minimum Gasteiger partial charge on any atom is -0.460 e. The van der Waals surface area contributed by atoms with E-state index in [0.717, 1.165) is 30.6 Å². The summed E-state index contributed by atoms with van der Waals surface area (Å²) in [6.07, 6.45) is 1.08. The molecule has 0 aromatic heterocycles. The standard InChI is InChI=1S/C24H23NO2/c26-24(22-13-11-21(12-14-22)20-9-5-2-6-10-20)27-18-23-15-16-25(23)17-19-7-3-1-4-8-19/h1-14,23H,15-18H2/t23-/m0/s1. The Balaban J connectivity index is 1.30. The van der Waals surface area contributed by atoms with Gasteiger partial charge in [-0.15, -0.1) is 0 Å². The third-order valence-corrected chi connectivity index (χ3v) is 5.13. The van der Waals surface area contributed by atoms with Crippen molar-refractivity contribution in [2.24, 2.45) is 0 Å². The topological polar surface area (TPSA) is 29.5 Å². The van der Waals surface area contributed by atoms with E-state index in [9.17, 15) is 4.79 Å². The van der Waals surface area contributed by atoms with Gasteiger partial charge in [0.25, 0.3) is 0 Å². The van der Waals surface area contributed by atoms with E-state index in [0.29, 0.717) is 18.2 Å². The highest BCUT2D eigenvalue weighted by atomic mass is 16.5. The fraction of sp³-hybridized carbons (Fsp3) is 0.208. The first-order valence-electron chi connectivity index (χ1n) is 9.40. The summed E-state index contributed by atoms with van der Waals surface area (Å²) in [4.78, 5) is 14.7. The number of esters is 1. The van der Waals surface area contributed by atoms with Gasteiger partial charge in [-0.1, -0.05) is 72.8 Å². The largest absolute Gasteiger partial charge is 0.460 e. The molecular formula is C24H23NO2. The third-order valence-electron chi connectivity index (χ3n) is 5.13. The summed E-state index contributed by atoms with van der Waals surface area (Å²) in [6, 6.07) is 28.5. The normalized spacial score (nSPS) is 16.5. The van der Waals surface area contributed by atoms with Gasteiger partial charge in [-0.3, -0.25) is 4.90 Å². The Kier molecular flexibility index (Phi) is 5.31. The van der Waals surface area contributed by atoms with Gasteiger partial charge in [-0.25, -0.2) is 4.79 Å². The van der Waals surface area contributed by atoms with Gasteiger partial charge < -0.3 is 4.74 Å². The Morgan fingerprint density at radius 2 is 1.48 bits per heavy atom. The van der Waals surface area contributed by atoms with Crippen molar-refractivity contribution in [3.05, 3.63) is 96.1 Å². The van der Waals surface area contributed by atoms with E-state index in [2.05, 4.69) is 41.3 Å². The molecule has 1 aliphatic rings. The first-order valence-corrected chi connectivity index (χ1v) is 9.40. The van der Waals surface area contributed by atoms with Crippen LogP contribution in [0, 0.1) is 0 Å². The lowest BCUT2D eigenvalue weighted by Gasteiger charge is -2.40. The zero-order valence-corrected chi connectivity index (χ0v) is 15.3. The number of benzene rings is 3. The van der Waals surface area contributed by atoms with Gasteiger partial charge in [0, 0.05) is 19.1 Å². The van der Waals surface area contributed by atoms with Gasteiger partial charge in [0.2, 0.25) is 0 Å². The molecule has 0 amide bonds. The molecule has 3 heteroatoms. The quantitative estimate of drug-likeness (QED) is 0.594. The highest BCUT2D eigenvalue weighted by Gasteiger charge is 2.29. The van der Waals surface area contributed by atoms with Gasteiger partial charge in [0.05, 0.1) is 5.56 Å². The van der Waals surface area contributed by atoms with Crippen molar-refractivity contribution < 1.29 is 9.53 Å². The van der Waals surface area contributed by atoms with Crippen LogP contribution >= 0.6 is 0 Å². The molecular weight excluding hydrogens is 334 g/mol. The van der Waals surface area contributed by atoms with Crippen molar-refractivity contribution >= 4 is 5.97 Å². The Morgan fingerprint density at radius 1 is 0.852 bits per heavy atom. The van der Waals surface area contributed by atoms with Crippen LogP contribution in [0.2, 0.25) is 0 Å². The second kappa shape index (κ2) is 8.19. The molecule has 0 spiro atoms. The molecule has 4 rings (SSSR count). The number of hydrogen-bond acceptors (Lipinski definition) is 3. The number of hydrogen-bond donors (Lipinski definition) is 0. The maximum atomic E-state index is 12.4. The molecule has 0 unspecified atom stereocenters. The van der Waals surface area contributed by atoms with Crippen LogP contribution in [0.3, 0.4) is 0 Å². The molecule has 0 saturated carbocycles. The highest BCUT2D eigenvalue weighted by molar-refractivity contribution is 5.90. The van der Waals surface area contributed by atoms with Crippen LogP contribution in [-0.2, 0) is 11.3 Å². The van der Waals surface area contributed by atoms with Gasteiger partial charge >= 0.3 is 5.97 Å². The van der Waals surface area contributed by atoms with Crippen molar-refractivity contribution in [1.29, 1.82) is 0 Å². The number of carbonyl (C=O) groups excluding carboxylic acids is 1. The summed E-state index contributed by atoms with van der Waals surface area (Å²) < 4.78 is 5.56. The molecule has 0 aliphatic carbocycles. The maximum absolute atomic E-state index is 12.4. The Morgan fingerprint density at radius 3 is 2.11 bits per heavy atom. The SMILES string of the molecule is O=C(OC[C@@H]1CCN1Cc1ccccc1)c1ccc(-c2ccccc2)cc1. The van der Waals surface area contributed by atoms with Crippen molar-refractivity contribution in [3.8, 4) is 11.1 Å². The maximum Gasteiger partial charge on any atom is 0.338 e. The zero-order valence-electron chi connectivity index (χ0n) is 15.3. The van der Waals surface area contributed by atoms with E-state index < -0.39 is 0 Å². The summed E-state index contributed by atoms with van der Waals surface area (Å²) in [5.74, 6) is -0.249. The Labute approximate surface area is 160 Å². The molecule has 27 heavy (non-hydrogen) atoms. The molecule has 3 aromatic carbocycles. The third kappa shape index (κ3) is 4.26. The van der Waals surface area contributed by atoms with Gasteiger partial charge in [0.15, 0.2) is 0 Å². The zero-order chi connectivity index (χ0) is 18.5. The van der Waals surface area contributed by atoms with Crippen LogP contribution < -0.4 is 0 Å². The average Bonchev–Trinajstić information content (AvgIpc) is 2.73. The number of nitrogens with zero attached hydrogens (tertiary/aromatic N) is 1. The number of ether oxygens (including phenoxy) is 1.